The Morgan fingerprint density at radius 1 is 1.24 bits per heavy atom. The van der Waals surface area contributed by atoms with E-state index in [4.69, 9.17) is 16.0 Å². The van der Waals surface area contributed by atoms with E-state index in [0.29, 0.717) is 5.56 Å². The summed E-state index contributed by atoms with van der Waals surface area (Å²) < 4.78 is 49.3. The number of sulfonamides is 1. The molecule has 9 nitrogen and oxygen atoms in total. The van der Waals surface area contributed by atoms with Crippen LogP contribution < -0.4 is 10.5 Å². The van der Waals surface area contributed by atoms with Crippen molar-refractivity contribution in [2.24, 2.45) is 0 Å². The van der Waals surface area contributed by atoms with Crippen LogP contribution >= 0.6 is 11.6 Å². The third-order valence-electron chi connectivity index (χ3n) is 5.56. The number of aryl methyl sites for hydroxylation is 1. The number of H-pyrrole nitrogens is 1. The summed E-state index contributed by atoms with van der Waals surface area (Å²) in [5, 5.41) is 6.04. The summed E-state index contributed by atoms with van der Waals surface area (Å²) >= 11 is 6.01. The highest BCUT2D eigenvalue weighted by Gasteiger charge is 2.35. The number of nitrogens with one attached hydrogen (secondary N) is 2. The number of benzene rings is 2. The molecular weight excluding hydrogens is 487 g/mol. The number of carbonyl (C=O) groups is 1. The number of hydrogen-bond acceptors (Lipinski definition) is 6. The summed E-state index contributed by atoms with van der Waals surface area (Å²) in [6.45, 7) is 5.09. The zero-order valence-electron chi connectivity index (χ0n) is 19.1. The number of amides is 1. The summed E-state index contributed by atoms with van der Waals surface area (Å²) in [6.07, 6.45) is 0. The largest absolute Gasteiger partial charge is 0.434 e. The van der Waals surface area contributed by atoms with Crippen LogP contribution in [0.15, 0.2) is 44.4 Å². The van der Waals surface area contributed by atoms with Gasteiger partial charge in [-0.3, -0.25) is 4.79 Å². The molecule has 0 aliphatic carbocycles. The minimum absolute atomic E-state index is 0.155. The molecule has 0 saturated heterocycles. The Labute approximate surface area is 201 Å². The van der Waals surface area contributed by atoms with Gasteiger partial charge in [-0.15, -0.1) is 5.10 Å². The molecule has 1 aromatic heterocycles. The third kappa shape index (κ3) is 5.06. The van der Waals surface area contributed by atoms with Gasteiger partial charge in [-0.05, 0) is 54.8 Å². The molecule has 2 atom stereocenters. The lowest BCUT2D eigenvalue weighted by Gasteiger charge is -2.25. The van der Waals surface area contributed by atoms with E-state index in [-0.39, 0.29) is 26.9 Å². The maximum Gasteiger partial charge on any atom is 0.434 e. The van der Waals surface area contributed by atoms with Crippen LogP contribution in [0.4, 0.5) is 4.39 Å². The molecule has 3 rings (SSSR count). The smallest absolute Gasteiger partial charge is 0.391 e. The maximum absolute atomic E-state index is 14.9. The van der Waals surface area contributed by atoms with Crippen molar-refractivity contribution in [3.05, 3.63) is 79.9 Å². The number of aromatic nitrogens is 2. The molecular formula is C22H24ClFN4O5S. The Hall–Kier alpha value is -3.02. The van der Waals surface area contributed by atoms with Gasteiger partial charge in [-0.25, -0.2) is 22.7 Å². The van der Waals surface area contributed by atoms with E-state index in [2.05, 4.69) is 14.9 Å². The fraction of sp³-hybridized carbons (Fsp3) is 0.318. The van der Waals surface area contributed by atoms with Gasteiger partial charge < -0.3 is 9.32 Å². The van der Waals surface area contributed by atoms with Crippen LogP contribution in [0.5, 0.6) is 0 Å². The fourth-order valence-corrected chi connectivity index (χ4v) is 5.27. The van der Waals surface area contributed by atoms with Gasteiger partial charge in [0.1, 0.15) is 11.9 Å². The molecule has 0 unspecified atom stereocenters. The van der Waals surface area contributed by atoms with E-state index in [1.165, 1.54) is 43.3 Å². The monoisotopic (exact) mass is 510 g/mol. The first kappa shape index (κ1) is 25.6. The Balaban J connectivity index is 2.15. The molecule has 0 fully saturated rings. The van der Waals surface area contributed by atoms with Gasteiger partial charge in [0.15, 0.2) is 0 Å². The van der Waals surface area contributed by atoms with E-state index in [9.17, 15) is 22.4 Å². The van der Waals surface area contributed by atoms with Crippen LogP contribution in [-0.2, 0) is 10.0 Å². The Morgan fingerprint density at radius 2 is 1.91 bits per heavy atom. The van der Waals surface area contributed by atoms with Gasteiger partial charge in [0, 0.05) is 25.0 Å². The molecule has 0 aliphatic rings. The van der Waals surface area contributed by atoms with Crippen LogP contribution in [0.25, 0.3) is 0 Å². The van der Waals surface area contributed by atoms with E-state index in [1.807, 2.05) is 0 Å². The lowest BCUT2D eigenvalue weighted by Crippen LogP contribution is -2.34. The standard InChI is InChI=1S/C22H24ClFN4O5S/c1-11-6-8-16(24)18(12(11)2)13(3)19(20-25-26-22(30)33-20)27-34(31,32)17-9-7-14(23)10-15(17)21(29)28(4)5/h6-10,13,19,27H,1-5H3,(H,26,30)/t13-,19+/m1/s1. The first-order chi connectivity index (χ1) is 15.8. The van der Waals surface area contributed by atoms with Gasteiger partial charge in [0.05, 0.1) is 10.5 Å². The SMILES string of the molecule is Cc1ccc(F)c([C@@H](C)[C@H](NS(=O)(=O)c2ccc(Cl)cc2C(=O)N(C)C)c2n[nH]c(=O)o2)c1C. The first-order valence-corrected chi connectivity index (χ1v) is 12.0. The van der Waals surface area contributed by atoms with Crippen molar-refractivity contribution in [3.63, 3.8) is 0 Å². The van der Waals surface area contributed by atoms with Crippen molar-refractivity contribution in [2.45, 2.75) is 37.6 Å². The van der Waals surface area contributed by atoms with Crippen molar-refractivity contribution >= 4 is 27.5 Å². The van der Waals surface area contributed by atoms with Gasteiger partial charge in [0.2, 0.25) is 15.9 Å². The van der Waals surface area contributed by atoms with E-state index >= 15 is 0 Å². The molecule has 12 heteroatoms. The summed E-state index contributed by atoms with van der Waals surface area (Å²) in [7, 11) is -1.46. The molecule has 1 amide bonds. The van der Waals surface area contributed by atoms with Crippen LogP contribution in [-0.4, -0.2) is 43.5 Å². The average molecular weight is 511 g/mol. The van der Waals surface area contributed by atoms with E-state index in [0.717, 1.165) is 5.56 Å². The van der Waals surface area contributed by atoms with Crippen LogP contribution in [0.2, 0.25) is 5.02 Å². The normalized spacial score (nSPS) is 13.5. The molecule has 0 saturated carbocycles. The topological polar surface area (TPSA) is 125 Å². The highest BCUT2D eigenvalue weighted by atomic mass is 35.5. The summed E-state index contributed by atoms with van der Waals surface area (Å²) in [5.41, 5.74) is 1.49. The molecule has 34 heavy (non-hydrogen) atoms. The molecule has 1 heterocycles. The first-order valence-electron chi connectivity index (χ1n) is 10.2. The van der Waals surface area contributed by atoms with Crippen molar-refractivity contribution in [1.82, 2.24) is 19.8 Å². The molecule has 0 spiro atoms. The van der Waals surface area contributed by atoms with Crippen LogP contribution in [0.3, 0.4) is 0 Å². The molecule has 182 valence electrons. The minimum Gasteiger partial charge on any atom is -0.391 e. The highest BCUT2D eigenvalue weighted by Crippen LogP contribution is 2.35. The zero-order chi connectivity index (χ0) is 25.4. The number of hydrogen-bond donors (Lipinski definition) is 2. The second-order valence-corrected chi connectivity index (χ2v) is 10.2. The quantitative estimate of drug-likeness (QED) is 0.502. The number of nitrogens with zero attached hydrogens (tertiary/aromatic N) is 2. The summed E-state index contributed by atoms with van der Waals surface area (Å²) in [6, 6.07) is 5.39. The Kier molecular flexibility index (Phi) is 7.29. The van der Waals surface area contributed by atoms with Gasteiger partial charge in [-0.2, -0.15) is 4.72 Å². The van der Waals surface area contributed by atoms with Gasteiger partial charge in [0.25, 0.3) is 5.91 Å². The molecule has 3 aromatic rings. The van der Waals surface area contributed by atoms with E-state index < -0.39 is 39.5 Å². The highest BCUT2D eigenvalue weighted by molar-refractivity contribution is 7.89. The van der Waals surface area contributed by atoms with Gasteiger partial charge in [-0.1, -0.05) is 24.6 Å². The lowest BCUT2D eigenvalue weighted by molar-refractivity contribution is 0.0824. The van der Waals surface area contributed by atoms with Gasteiger partial charge >= 0.3 is 5.76 Å². The molecule has 0 aliphatic heterocycles. The summed E-state index contributed by atoms with van der Waals surface area (Å²) in [4.78, 5) is 25.2. The predicted molar refractivity (Wildman–Crippen MR) is 124 cm³/mol. The average Bonchev–Trinajstić information content (AvgIpc) is 3.20. The van der Waals surface area contributed by atoms with Crippen LogP contribution in [0.1, 0.15) is 51.8 Å². The third-order valence-corrected chi connectivity index (χ3v) is 7.29. The number of carbonyl (C=O) groups excluding carboxylic acids is 1. The Morgan fingerprint density at radius 3 is 2.50 bits per heavy atom. The lowest BCUT2D eigenvalue weighted by atomic mass is 9.88. The second kappa shape index (κ2) is 9.69. The predicted octanol–water partition coefficient (Wildman–Crippen LogP) is 3.30. The fourth-order valence-electron chi connectivity index (χ4n) is 3.65. The number of aromatic amines is 1. The summed E-state index contributed by atoms with van der Waals surface area (Å²) in [5.74, 6) is -3.16. The zero-order valence-corrected chi connectivity index (χ0v) is 20.7. The van der Waals surface area contributed by atoms with Crippen molar-refractivity contribution in [2.75, 3.05) is 14.1 Å². The molecule has 0 bridgehead atoms. The van der Waals surface area contributed by atoms with Crippen molar-refractivity contribution < 1.29 is 22.0 Å². The number of halogens is 2. The van der Waals surface area contributed by atoms with E-state index in [1.54, 1.807) is 26.8 Å². The second-order valence-electron chi connectivity index (χ2n) is 8.08. The minimum atomic E-state index is -4.41. The molecule has 2 aromatic carbocycles. The van der Waals surface area contributed by atoms with Crippen molar-refractivity contribution in [3.8, 4) is 0 Å². The maximum atomic E-state index is 14.9. The van der Waals surface area contributed by atoms with Crippen molar-refractivity contribution in [1.29, 1.82) is 0 Å². The van der Waals surface area contributed by atoms with Crippen LogP contribution in [0, 0.1) is 19.7 Å². The molecule has 2 N–H and O–H groups in total. The number of rotatable bonds is 7. The Bertz CT molecular complexity index is 1400. The molecule has 0 radical (unpaired) electrons.